The molecule has 5 nitrogen and oxygen atoms in total. The number of Topliss-reactive ketones (excluding diaryl/α,β-unsaturated/α-hetero) is 1. The van der Waals surface area contributed by atoms with Gasteiger partial charge in [0.05, 0.1) is 0 Å². The van der Waals surface area contributed by atoms with Crippen LogP contribution in [0.2, 0.25) is 0 Å². The molecule has 0 fully saturated rings. The first-order valence-electron chi connectivity index (χ1n) is 10.8. The van der Waals surface area contributed by atoms with Crippen LogP contribution in [-0.4, -0.2) is 74.5 Å². The average molecular weight is 442 g/mol. The first-order valence-corrected chi connectivity index (χ1v) is 10.8. The summed E-state index contributed by atoms with van der Waals surface area (Å²) in [5, 5.41) is 3.33. The van der Waals surface area contributed by atoms with E-state index in [1.165, 1.54) is 5.56 Å². The van der Waals surface area contributed by atoms with Crippen molar-refractivity contribution in [2.45, 2.75) is 45.7 Å². The molecule has 174 valence electrons. The summed E-state index contributed by atoms with van der Waals surface area (Å²) in [6, 6.07) is 5.67. The molecule has 2 rings (SSSR count). The number of nitrogens with one attached hydrogen (secondary N) is 1. The molecule has 1 aromatic carbocycles. The molecule has 1 aromatic rings. The third kappa shape index (κ3) is 7.92. The first kappa shape index (κ1) is 25.3. The van der Waals surface area contributed by atoms with Crippen molar-refractivity contribution in [2.24, 2.45) is 5.41 Å². The molecule has 1 amide bonds. The van der Waals surface area contributed by atoms with E-state index in [2.05, 4.69) is 5.32 Å². The Morgan fingerprint density at radius 2 is 1.68 bits per heavy atom. The highest BCUT2D eigenvalue weighted by molar-refractivity contribution is 5.96. The van der Waals surface area contributed by atoms with E-state index in [1.807, 2.05) is 45.0 Å². The van der Waals surface area contributed by atoms with Crippen molar-refractivity contribution in [1.29, 1.82) is 0 Å². The smallest absolute Gasteiger partial charge is 0.334 e. The summed E-state index contributed by atoms with van der Waals surface area (Å²) in [4.78, 5) is 27.3. The average Bonchev–Trinajstić information content (AvgIpc) is 2.89. The van der Waals surface area contributed by atoms with Gasteiger partial charge in [-0.05, 0) is 69.1 Å². The van der Waals surface area contributed by atoms with E-state index in [9.17, 15) is 22.8 Å². The fraction of sp³-hybridized carbons (Fsp3) is 0.652. The molecule has 0 saturated carbocycles. The van der Waals surface area contributed by atoms with Crippen LogP contribution in [0.15, 0.2) is 18.2 Å². The molecule has 8 heteroatoms. The molecule has 0 spiro atoms. The topological polar surface area (TPSA) is 52.6 Å². The van der Waals surface area contributed by atoms with E-state index in [4.69, 9.17) is 0 Å². The van der Waals surface area contributed by atoms with Crippen LogP contribution >= 0.6 is 0 Å². The van der Waals surface area contributed by atoms with Gasteiger partial charge in [-0.15, -0.1) is 0 Å². The van der Waals surface area contributed by atoms with E-state index in [0.29, 0.717) is 12.1 Å². The van der Waals surface area contributed by atoms with Crippen molar-refractivity contribution in [3.05, 3.63) is 34.9 Å². The number of fused-ring (bicyclic) bond motifs is 1. The van der Waals surface area contributed by atoms with E-state index in [-0.39, 0.29) is 31.7 Å². The quantitative estimate of drug-likeness (QED) is 0.598. The maximum atomic E-state index is 13.1. The number of amides is 1. The lowest BCUT2D eigenvalue weighted by Gasteiger charge is -2.35. The minimum absolute atomic E-state index is 0.0242. The van der Waals surface area contributed by atoms with Crippen LogP contribution < -0.4 is 5.32 Å². The van der Waals surface area contributed by atoms with Gasteiger partial charge in [0.25, 0.3) is 0 Å². The Hall–Kier alpha value is -1.93. The fourth-order valence-electron chi connectivity index (χ4n) is 4.28. The van der Waals surface area contributed by atoms with Crippen LogP contribution in [0.1, 0.15) is 48.2 Å². The Kier molecular flexibility index (Phi) is 8.65. The summed E-state index contributed by atoms with van der Waals surface area (Å²) >= 11 is 0. The second-order valence-corrected chi connectivity index (χ2v) is 9.39. The lowest BCUT2D eigenvalue weighted by Crippen LogP contribution is -2.48. The second-order valence-electron chi connectivity index (χ2n) is 9.39. The molecule has 0 aromatic heterocycles. The highest BCUT2D eigenvalue weighted by Crippen LogP contribution is 2.24. The number of ketones is 1. The zero-order valence-electron chi connectivity index (χ0n) is 18.9. The van der Waals surface area contributed by atoms with Gasteiger partial charge < -0.3 is 15.1 Å². The van der Waals surface area contributed by atoms with Gasteiger partial charge in [-0.25, -0.2) is 0 Å². The van der Waals surface area contributed by atoms with Crippen LogP contribution in [0, 0.1) is 5.41 Å². The maximum absolute atomic E-state index is 13.1. The molecule has 1 aliphatic rings. The minimum atomic E-state index is -4.93. The summed E-state index contributed by atoms with van der Waals surface area (Å²) in [6.07, 6.45) is -2.86. The number of halogens is 3. The Morgan fingerprint density at radius 3 is 2.29 bits per heavy atom. The molecule has 31 heavy (non-hydrogen) atoms. The predicted molar refractivity (Wildman–Crippen MR) is 115 cm³/mol. The number of hydrogen-bond acceptors (Lipinski definition) is 4. The molecule has 1 heterocycles. The number of rotatable bonds is 9. The SMILES string of the molecule is CN(C)CC(C)(C)CN(CCCC(=O)c1ccc2c(c1)CCNCC2)C(=O)C(F)(F)F. The van der Waals surface area contributed by atoms with Gasteiger partial charge in [0.15, 0.2) is 5.78 Å². The van der Waals surface area contributed by atoms with Gasteiger partial charge >= 0.3 is 12.1 Å². The van der Waals surface area contributed by atoms with Crippen LogP contribution in [0.4, 0.5) is 13.2 Å². The largest absolute Gasteiger partial charge is 0.471 e. The Morgan fingerprint density at radius 1 is 1.03 bits per heavy atom. The van der Waals surface area contributed by atoms with Crippen molar-refractivity contribution < 1.29 is 22.8 Å². The third-order valence-corrected chi connectivity index (χ3v) is 5.40. The molecule has 0 bridgehead atoms. The van der Waals surface area contributed by atoms with E-state index in [1.54, 1.807) is 6.07 Å². The van der Waals surface area contributed by atoms with Gasteiger partial charge in [-0.3, -0.25) is 9.59 Å². The summed E-state index contributed by atoms with van der Waals surface area (Å²) in [6.45, 7) is 5.85. The number of nitrogens with zero attached hydrogens (tertiary/aromatic N) is 2. The van der Waals surface area contributed by atoms with Crippen molar-refractivity contribution in [3.8, 4) is 0 Å². The van der Waals surface area contributed by atoms with Crippen LogP contribution in [0.3, 0.4) is 0 Å². The third-order valence-electron chi connectivity index (χ3n) is 5.40. The Labute approximate surface area is 183 Å². The Balaban J connectivity index is 2.01. The zero-order valence-corrected chi connectivity index (χ0v) is 18.9. The number of carbonyl (C=O) groups is 2. The summed E-state index contributed by atoms with van der Waals surface area (Å²) in [5.74, 6) is -1.95. The number of benzene rings is 1. The standard InChI is InChI=1S/C23H34F3N3O2/c1-22(2,15-28(3)4)16-29(21(31)23(24,25)26)13-5-6-20(30)19-8-7-17-9-11-27-12-10-18(17)14-19/h7-8,14,27H,5-6,9-13,15-16H2,1-4H3. The van der Waals surface area contributed by atoms with Crippen molar-refractivity contribution in [2.75, 3.05) is 46.8 Å². The number of carbonyl (C=O) groups excluding carboxylic acids is 2. The van der Waals surface area contributed by atoms with Gasteiger partial charge in [-0.1, -0.05) is 26.0 Å². The molecule has 0 unspecified atom stereocenters. The predicted octanol–water partition coefficient (Wildman–Crippen LogP) is 3.32. The monoisotopic (exact) mass is 441 g/mol. The van der Waals surface area contributed by atoms with Crippen molar-refractivity contribution in [3.63, 3.8) is 0 Å². The number of hydrogen-bond donors (Lipinski definition) is 1. The molecule has 0 saturated heterocycles. The van der Waals surface area contributed by atoms with Crippen LogP contribution in [-0.2, 0) is 17.6 Å². The van der Waals surface area contributed by atoms with E-state index < -0.39 is 17.5 Å². The molecule has 1 aliphatic heterocycles. The minimum Gasteiger partial charge on any atom is -0.334 e. The van der Waals surface area contributed by atoms with E-state index in [0.717, 1.165) is 36.4 Å². The van der Waals surface area contributed by atoms with Gasteiger partial charge in [0.2, 0.25) is 0 Å². The van der Waals surface area contributed by atoms with Crippen LogP contribution in [0.5, 0.6) is 0 Å². The molecule has 1 N–H and O–H groups in total. The Bertz CT molecular complexity index is 776. The van der Waals surface area contributed by atoms with Gasteiger partial charge in [0.1, 0.15) is 0 Å². The normalized spacial score (nSPS) is 14.8. The lowest BCUT2D eigenvalue weighted by molar-refractivity contribution is -0.186. The van der Waals surface area contributed by atoms with Crippen molar-refractivity contribution in [1.82, 2.24) is 15.1 Å². The summed E-state index contributed by atoms with van der Waals surface area (Å²) in [5.41, 5.74) is 2.45. The van der Waals surface area contributed by atoms with Crippen LogP contribution in [0.25, 0.3) is 0 Å². The molecular formula is C23H34F3N3O2. The molecule has 0 radical (unpaired) electrons. The maximum Gasteiger partial charge on any atom is 0.471 e. The summed E-state index contributed by atoms with van der Waals surface area (Å²) in [7, 11) is 3.68. The van der Waals surface area contributed by atoms with Crippen molar-refractivity contribution >= 4 is 11.7 Å². The second kappa shape index (κ2) is 10.6. The fourth-order valence-corrected chi connectivity index (χ4v) is 4.28. The molecule has 0 aliphatic carbocycles. The molecule has 0 atom stereocenters. The van der Waals surface area contributed by atoms with Gasteiger partial charge in [0, 0.05) is 31.6 Å². The van der Waals surface area contributed by atoms with E-state index >= 15 is 0 Å². The zero-order chi connectivity index (χ0) is 23.2. The highest BCUT2D eigenvalue weighted by atomic mass is 19.4. The summed E-state index contributed by atoms with van der Waals surface area (Å²) < 4.78 is 39.3. The molecular weight excluding hydrogens is 407 g/mol. The number of alkyl halides is 3. The first-order chi connectivity index (χ1) is 14.4. The van der Waals surface area contributed by atoms with Gasteiger partial charge in [-0.2, -0.15) is 13.2 Å². The highest BCUT2D eigenvalue weighted by Gasteiger charge is 2.43. The lowest BCUT2D eigenvalue weighted by atomic mass is 9.91.